The monoisotopic (exact) mass is 528 g/mol. The molecule has 208 valence electrons. The molecule has 0 saturated heterocycles. The minimum atomic E-state index is -1.02. The average Bonchev–Trinajstić information content (AvgIpc) is 3.26. The molecule has 10 nitrogen and oxygen atoms in total. The van der Waals surface area contributed by atoms with Gasteiger partial charge >= 0.3 is 11.9 Å². The van der Waals surface area contributed by atoms with Crippen LogP contribution in [0.3, 0.4) is 0 Å². The summed E-state index contributed by atoms with van der Waals surface area (Å²) < 4.78 is 11.0. The summed E-state index contributed by atoms with van der Waals surface area (Å²) in [5.74, 6) is -2.53. The molecule has 1 aromatic carbocycles. The highest BCUT2D eigenvalue weighted by Gasteiger charge is 2.32. The lowest BCUT2D eigenvalue weighted by Crippen LogP contribution is -2.47. The topological polar surface area (TPSA) is 139 Å². The fraction of sp³-hybridized carbons (Fsp3) is 0.536. The standard InChI is InChI=1S/C28H40N4O6/c1-17(2)14-19(25(35)37-27(3,4)5)31-23(33)21-22(30-16-29-21)24(34)32-20(26(36)38-28(6,7)8)15-18-12-10-9-11-13-18/h9-13,16-17,19-20H,14-15H2,1-8H3,(H,29,30)(H,31,33)(H,32,34)/t19-,20-/m0/s1. The lowest BCUT2D eigenvalue weighted by molar-refractivity contribution is -0.158. The Labute approximate surface area is 224 Å². The number of aromatic amines is 1. The van der Waals surface area contributed by atoms with E-state index < -0.39 is 47.0 Å². The summed E-state index contributed by atoms with van der Waals surface area (Å²) in [5.41, 5.74) is -1.02. The van der Waals surface area contributed by atoms with Crippen LogP contribution in [0.25, 0.3) is 0 Å². The first-order valence-corrected chi connectivity index (χ1v) is 12.7. The minimum Gasteiger partial charge on any atom is -0.458 e. The largest absolute Gasteiger partial charge is 0.458 e. The van der Waals surface area contributed by atoms with Crippen LogP contribution in [0.5, 0.6) is 0 Å². The number of carbonyl (C=O) groups excluding carboxylic acids is 4. The summed E-state index contributed by atoms with van der Waals surface area (Å²) >= 11 is 0. The van der Waals surface area contributed by atoms with Crippen LogP contribution >= 0.6 is 0 Å². The van der Waals surface area contributed by atoms with Crippen molar-refractivity contribution in [3.63, 3.8) is 0 Å². The van der Waals surface area contributed by atoms with E-state index in [1.165, 1.54) is 6.33 Å². The maximum absolute atomic E-state index is 13.2. The van der Waals surface area contributed by atoms with Crippen molar-refractivity contribution >= 4 is 23.8 Å². The van der Waals surface area contributed by atoms with Gasteiger partial charge in [-0.05, 0) is 59.4 Å². The van der Waals surface area contributed by atoms with E-state index in [0.717, 1.165) is 5.56 Å². The Morgan fingerprint density at radius 2 is 1.37 bits per heavy atom. The van der Waals surface area contributed by atoms with E-state index in [0.29, 0.717) is 6.42 Å². The normalized spacial score (nSPS) is 13.4. The van der Waals surface area contributed by atoms with Gasteiger partial charge in [0.15, 0.2) is 5.69 Å². The van der Waals surface area contributed by atoms with Crippen molar-refractivity contribution in [3.05, 3.63) is 53.6 Å². The molecule has 1 heterocycles. The van der Waals surface area contributed by atoms with Gasteiger partial charge in [0.1, 0.15) is 29.0 Å². The summed E-state index contributed by atoms with van der Waals surface area (Å²) in [6, 6.07) is 7.24. The molecule has 0 aliphatic rings. The molecule has 2 aromatic rings. The Morgan fingerprint density at radius 1 is 0.842 bits per heavy atom. The fourth-order valence-electron chi connectivity index (χ4n) is 3.57. The third-order valence-corrected chi connectivity index (χ3v) is 5.06. The molecule has 0 fully saturated rings. The summed E-state index contributed by atoms with van der Waals surface area (Å²) in [7, 11) is 0. The van der Waals surface area contributed by atoms with Crippen molar-refractivity contribution < 1.29 is 28.7 Å². The molecule has 0 spiro atoms. The van der Waals surface area contributed by atoms with E-state index in [1.807, 2.05) is 44.2 Å². The van der Waals surface area contributed by atoms with Crippen molar-refractivity contribution in [1.82, 2.24) is 20.6 Å². The highest BCUT2D eigenvalue weighted by Crippen LogP contribution is 2.15. The molecule has 1 aromatic heterocycles. The van der Waals surface area contributed by atoms with E-state index in [-0.39, 0.29) is 23.7 Å². The lowest BCUT2D eigenvalue weighted by atomic mass is 10.0. The molecular formula is C28H40N4O6. The zero-order chi connectivity index (χ0) is 28.7. The number of hydrogen-bond acceptors (Lipinski definition) is 7. The van der Waals surface area contributed by atoms with Crippen molar-refractivity contribution in [1.29, 1.82) is 0 Å². The third kappa shape index (κ3) is 9.99. The van der Waals surface area contributed by atoms with Crippen molar-refractivity contribution in [2.45, 2.75) is 91.5 Å². The zero-order valence-corrected chi connectivity index (χ0v) is 23.5. The second-order valence-corrected chi connectivity index (χ2v) is 11.6. The smallest absolute Gasteiger partial charge is 0.329 e. The number of aromatic nitrogens is 2. The van der Waals surface area contributed by atoms with E-state index in [2.05, 4.69) is 20.6 Å². The number of ether oxygens (including phenoxy) is 2. The predicted octanol–water partition coefficient (Wildman–Crippen LogP) is 3.58. The number of nitrogens with zero attached hydrogens (tertiary/aromatic N) is 1. The van der Waals surface area contributed by atoms with Gasteiger partial charge in [-0.2, -0.15) is 0 Å². The number of H-pyrrole nitrogens is 1. The van der Waals surface area contributed by atoms with E-state index in [9.17, 15) is 19.2 Å². The molecule has 0 radical (unpaired) electrons. The minimum absolute atomic E-state index is 0.0879. The first kappa shape index (κ1) is 30.5. The summed E-state index contributed by atoms with van der Waals surface area (Å²) in [5, 5.41) is 5.32. The molecule has 2 amide bonds. The molecular weight excluding hydrogens is 488 g/mol. The van der Waals surface area contributed by atoms with Crippen LogP contribution < -0.4 is 10.6 Å². The van der Waals surface area contributed by atoms with E-state index in [4.69, 9.17) is 9.47 Å². The molecule has 2 atom stereocenters. The van der Waals surface area contributed by atoms with Crippen LogP contribution in [0.15, 0.2) is 36.7 Å². The third-order valence-electron chi connectivity index (χ3n) is 5.06. The molecule has 0 aliphatic heterocycles. The number of rotatable bonds is 10. The Kier molecular flexibility index (Phi) is 10.2. The van der Waals surface area contributed by atoms with Crippen LogP contribution in [0.4, 0.5) is 0 Å². The van der Waals surface area contributed by atoms with Crippen LogP contribution in [0, 0.1) is 5.92 Å². The van der Waals surface area contributed by atoms with Crippen LogP contribution in [0.2, 0.25) is 0 Å². The van der Waals surface area contributed by atoms with Crippen molar-refractivity contribution in [2.24, 2.45) is 5.92 Å². The average molecular weight is 529 g/mol. The molecule has 38 heavy (non-hydrogen) atoms. The quantitative estimate of drug-likeness (QED) is 0.401. The van der Waals surface area contributed by atoms with Crippen LogP contribution in [-0.2, 0) is 25.5 Å². The first-order valence-electron chi connectivity index (χ1n) is 12.7. The van der Waals surface area contributed by atoms with Gasteiger partial charge in [0.25, 0.3) is 11.8 Å². The van der Waals surface area contributed by atoms with Gasteiger partial charge in [0.2, 0.25) is 0 Å². The summed E-state index contributed by atoms with van der Waals surface area (Å²) in [6.45, 7) is 14.3. The van der Waals surface area contributed by atoms with Crippen molar-refractivity contribution in [2.75, 3.05) is 0 Å². The zero-order valence-electron chi connectivity index (χ0n) is 23.5. The maximum atomic E-state index is 13.2. The van der Waals surface area contributed by atoms with Crippen molar-refractivity contribution in [3.8, 4) is 0 Å². The predicted molar refractivity (Wildman–Crippen MR) is 142 cm³/mol. The number of esters is 2. The molecule has 3 N–H and O–H groups in total. The fourth-order valence-corrected chi connectivity index (χ4v) is 3.57. The van der Waals surface area contributed by atoms with Gasteiger partial charge in [0.05, 0.1) is 6.33 Å². The van der Waals surface area contributed by atoms with Gasteiger partial charge in [-0.1, -0.05) is 44.2 Å². The SMILES string of the molecule is CC(C)C[C@H](NC(=O)c1[nH]cnc1C(=O)N[C@@H](Cc1ccccc1)C(=O)OC(C)(C)C)C(=O)OC(C)(C)C. The molecule has 2 rings (SSSR count). The van der Waals surface area contributed by atoms with Crippen LogP contribution in [-0.4, -0.2) is 57.0 Å². The first-order chi connectivity index (χ1) is 17.6. The van der Waals surface area contributed by atoms with Gasteiger partial charge in [0, 0.05) is 6.42 Å². The highest BCUT2D eigenvalue weighted by molar-refractivity contribution is 6.06. The molecule has 0 bridgehead atoms. The Morgan fingerprint density at radius 3 is 1.89 bits per heavy atom. The number of imidazole rings is 1. The molecule has 0 saturated carbocycles. The Bertz CT molecular complexity index is 1110. The summed E-state index contributed by atoms with van der Waals surface area (Å²) in [4.78, 5) is 58.7. The van der Waals surface area contributed by atoms with Gasteiger partial charge in [-0.15, -0.1) is 0 Å². The number of benzene rings is 1. The Hall–Kier alpha value is -3.69. The van der Waals surface area contributed by atoms with Gasteiger partial charge in [-0.3, -0.25) is 9.59 Å². The number of amides is 2. The number of nitrogens with one attached hydrogen (secondary N) is 3. The van der Waals surface area contributed by atoms with Crippen LogP contribution in [0.1, 0.15) is 88.4 Å². The van der Waals surface area contributed by atoms with Gasteiger partial charge in [-0.25, -0.2) is 14.6 Å². The highest BCUT2D eigenvalue weighted by atomic mass is 16.6. The van der Waals surface area contributed by atoms with Gasteiger partial charge < -0.3 is 25.1 Å². The second-order valence-electron chi connectivity index (χ2n) is 11.6. The second kappa shape index (κ2) is 12.7. The van der Waals surface area contributed by atoms with E-state index >= 15 is 0 Å². The maximum Gasteiger partial charge on any atom is 0.329 e. The number of hydrogen-bond donors (Lipinski definition) is 3. The molecule has 0 aliphatic carbocycles. The molecule has 0 unspecified atom stereocenters. The summed E-state index contributed by atoms with van der Waals surface area (Å²) in [6.07, 6.45) is 1.73. The lowest BCUT2D eigenvalue weighted by Gasteiger charge is -2.25. The Balaban J connectivity index is 2.24. The molecule has 10 heteroatoms. The van der Waals surface area contributed by atoms with E-state index in [1.54, 1.807) is 41.5 Å². The number of carbonyl (C=O) groups is 4.